The van der Waals surface area contributed by atoms with Gasteiger partial charge >= 0.3 is 0 Å². The number of hydrogen-bond acceptors (Lipinski definition) is 6. The maximum Gasteiger partial charge on any atom is 0.296 e. The summed E-state index contributed by atoms with van der Waals surface area (Å²) in [4.78, 5) is 0.0653. The van der Waals surface area contributed by atoms with E-state index in [-0.39, 0.29) is 42.6 Å². The molecular weight excluding hydrogens is 428 g/mol. The summed E-state index contributed by atoms with van der Waals surface area (Å²) in [5.74, 6) is -1.76. The van der Waals surface area contributed by atoms with E-state index in [1.54, 1.807) is 18.3 Å². The molecular formula is C21H21F2N3O4S. The predicted octanol–water partition coefficient (Wildman–Crippen LogP) is 3.20. The summed E-state index contributed by atoms with van der Waals surface area (Å²) >= 11 is 0. The van der Waals surface area contributed by atoms with Crippen molar-refractivity contribution in [1.82, 2.24) is 15.0 Å². The molecule has 7 nitrogen and oxygen atoms in total. The summed E-state index contributed by atoms with van der Waals surface area (Å²) < 4.78 is 65.8. The number of aromatic nitrogens is 3. The molecule has 10 heteroatoms. The van der Waals surface area contributed by atoms with Gasteiger partial charge in [0, 0.05) is 23.7 Å². The van der Waals surface area contributed by atoms with Crippen molar-refractivity contribution in [3.63, 3.8) is 0 Å². The lowest BCUT2D eigenvalue weighted by molar-refractivity contribution is -0.0209. The monoisotopic (exact) mass is 449 g/mol. The van der Waals surface area contributed by atoms with Crippen LogP contribution in [0.25, 0.3) is 0 Å². The normalized spacial score (nSPS) is 21.5. The second-order valence-corrected chi connectivity index (χ2v) is 9.27. The SMILES string of the molecule is Cc1ccc(S(=O)(=O)OC[C@@H]2CO[C@@](Cn3ccnn3)(c3ccc(F)cc3F)C2)cc1. The summed E-state index contributed by atoms with van der Waals surface area (Å²) in [5, 5.41) is 7.67. The Labute approximate surface area is 178 Å². The molecule has 4 rings (SSSR count). The van der Waals surface area contributed by atoms with E-state index in [9.17, 15) is 17.2 Å². The van der Waals surface area contributed by atoms with Gasteiger partial charge in [0.25, 0.3) is 10.1 Å². The van der Waals surface area contributed by atoms with Crippen LogP contribution in [-0.2, 0) is 31.2 Å². The van der Waals surface area contributed by atoms with E-state index in [4.69, 9.17) is 8.92 Å². The molecule has 31 heavy (non-hydrogen) atoms. The number of halogens is 2. The average Bonchev–Trinajstić information content (AvgIpc) is 3.38. The fourth-order valence-electron chi connectivity index (χ4n) is 3.75. The van der Waals surface area contributed by atoms with Gasteiger partial charge in [0.05, 0.1) is 30.9 Å². The van der Waals surface area contributed by atoms with Crippen molar-refractivity contribution < 1.29 is 26.1 Å². The van der Waals surface area contributed by atoms with Crippen molar-refractivity contribution in [2.24, 2.45) is 5.92 Å². The molecule has 2 aromatic carbocycles. The largest absolute Gasteiger partial charge is 0.368 e. The molecule has 0 spiro atoms. The van der Waals surface area contributed by atoms with Gasteiger partial charge in [0.15, 0.2) is 0 Å². The molecule has 0 aliphatic carbocycles. The molecule has 2 heterocycles. The predicted molar refractivity (Wildman–Crippen MR) is 106 cm³/mol. The third kappa shape index (κ3) is 4.65. The average molecular weight is 449 g/mol. The number of hydrogen-bond donors (Lipinski definition) is 0. The molecule has 164 valence electrons. The number of nitrogens with zero attached hydrogens (tertiary/aromatic N) is 3. The summed E-state index contributed by atoms with van der Waals surface area (Å²) in [6.45, 7) is 2.01. The Kier molecular flexibility index (Phi) is 5.87. The van der Waals surface area contributed by atoms with Gasteiger partial charge in [-0.1, -0.05) is 29.0 Å². The summed E-state index contributed by atoms with van der Waals surface area (Å²) in [6, 6.07) is 9.65. The molecule has 2 atom stereocenters. The Hall–Kier alpha value is -2.69. The van der Waals surface area contributed by atoms with Crippen molar-refractivity contribution in [3.8, 4) is 0 Å². The quantitative estimate of drug-likeness (QED) is 0.515. The van der Waals surface area contributed by atoms with Crippen molar-refractivity contribution in [3.05, 3.63) is 77.6 Å². The molecule has 0 bridgehead atoms. The molecule has 1 aliphatic rings. The van der Waals surface area contributed by atoms with E-state index in [2.05, 4.69) is 10.3 Å². The maximum absolute atomic E-state index is 14.6. The Morgan fingerprint density at radius 1 is 1.23 bits per heavy atom. The number of benzene rings is 2. The lowest BCUT2D eigenvalue weighted by Crippen LogP contribution is -2.33. The fourth-order valence-corrected chi connectivity index (χ4v) is 4.73. The molecule has 0 saturated carbocycles. The molecule has 1 aromatic heterocycles. The fraction of sp³-hybridized carbons (Fsp3) is 0.333. The smallest absolute Gasteiger partial charge is 0.296 e. The molecule has 1 saturated heterocycles. The van der Waals surface area contributed by atoms with Gasteiger partial charge in [-0.05, 0) is 31.5 Å². The minimum absolute atomic E-state index is 0.0653. The van der Waals surface area contributed by atoms with Crippen LogP contribution in [0.3, 0.4) is 0 Å². The van der Waals surface area contributed by atoms with Crippen molar-refractivity contribution >= 4 is 10.1 Å². The van der Waals surface area contributed by atoms with Crippen molar-refractivity contribution in [2.75, 3.05) is 13.2 Å². The van der Waals surface area contributed by atoms with E-state index in [0.717, 1.165) is 17.7 Å². The van der Waals surface area contributed by atoms with Gasteiger partial charge in [-0.2, -0.15) is 8.42 Å². The first-order chi connectivity index (χ1) is 14.8. The minimum atomic E-state index is -3.94. The molecule has 3 aromatic rings. The highest BCUT2D eigenvalue weighted by Gasteiger charge is 2.45. The topological polar surface area (TPSA) is 83.3 Å². The summed E-state index contributed by atoms with van der Waals surface area (Å²) in [6.07, 6.45) is 3.36. The van der Waals surface area contributed by atoms with Crippen LogP contribution in [0.15, 0.2) is 59.8 Å². The zero-order chi connectivity index (χ0) is 22.1. The zero-order valence-corrected chi connectivity index (χ0v) is 17.6. The van der Waals surface area contributed by atoms with Gasteiger partial charge in [-0.15, -0.1) is 5.10 Å². The van der Waals surface area contributed by atoms with Crippen LogP contribution < -0.4 is 0 Å². The van der Waals surface area contributed by atoms with Gasteiger partial charge in [0.1, 0.15) is 17.2 Å². The third-order valence-corrected chi connectivity index (χ3v) is 6.59. The van der Waals surface area contributed by atoms with Gasteiger partial charge in [0.2, 0.25) is 0 Å². The van der Waals surface area contributed by atoms with Gasteiger partial charge < -0.3 is 4.74 Å². The van der Waals surface area contributed by atoms with E-state index in [1.165, 1.54) is 29.1 Å². The van der Waals surface area contributed by atoms with Gasteiger partial charge in [-0.25, -0.2) is 13.5 Å². The van der Waals surface area contributed by atoms with E-state index < -0.39 is 27.4 Å². The molecule has 0 N–H and O–H groups in total. The molecule has 0 unspecified atom stereocenters. The standard InChI is InChI=1S/C21H21F2N3O4S/c1-15-2-5-18(6-3-15)31(27,28)30-13-16-11-21(29-12-16,14-26-9-8-24-25-26)19-7-4-17(22)10-20(19)23/h2-10,16H,11-14H2,1H3/t16-,21-/m0/s1. The van der Waals surface area contributed by atoms with Crippen LogP contribution in [-0.4, -0.2) is 36.6 Å². The lowest BCUT2D eigenvalue weighted by Gasteiger charge is -2.29. The van der Waals surface area contributed by atoms with Gasteiger partial charge in [-0.3, -0.25) is 4.18 Å². The molecule has 1 fully saturated rings. The minimum Gasteiger partial charge on any atom is -0.368 e. The maximum atomic E-state index is 14.6. The first-order valence-electron chi connectivity index (χ1n) is 9.67. The van der Waals surface area contributed by atoms with Crippen LogP contribution in [0.4, 0.5) is 8.78 Å². The van der Waals surface area contributed by atoms with Crippen molar-refractivity contribution in [1.29, 1.82) is 0 Å². The zero-order valence-electron chi connectivity index (χ0n) is 16.7. The Balaban J connectivity index is 1.53. The highest BCUT2D eigenvalue weighted by molar-refractivity contribution is 7.86. The highest BCUT2D eigenvalue weighted by Crippen LogP contribution is 2.42. The van der Waals surface area contributed by atoms with Crippen LogP contribution in [0.1, 0.15) is 17.5 Å². The molecule has 0 radical (unpaired) electrons. The van der Waals surface area contributed by atoms with Crippen molar-refractivity contribution in [2.45, 2.75) is 30.4 Å². The van der Waals surface area contributed by atoms with E-state index >= 15 is 0 Å². The van der Waals surface area contributed by atoms with E-state index in [0.29, 0.717) is 0 Å². The molecule has 1 aliphatic heterocycles. The van der Waals surface area contributed by atoms with E-state index in [1.807, 2.05) is 6.92 Å². The first-order valence-corrected chi connectivity index (χ1v) is 11.1. The highest BCUT2D eigenvalue weighted by atomic mass is 32.2. The Bertz CT molecular complexity index is 1150. The lowest BCUT2D eigenvalue weighted by atomic mass is 9.87. The number of aryl methyl sites for hydroxylation is 1. The second-order valence-electron chi connectivity index (χ2n) is 7.65. The molecule has 0 amide bonds. The summed E-state index contributed by atoms with van der Waals surface area (Å²) in [7, 11) is -3.94. The first kappa shape index (κ1) is 21.5. The van der Waals surface area contributed by atoms with Crippen LogP contribution in [0, 0.1) is 24.5 Å². The summed E-state index contributed by atoms with van der Waals surface area (Å²) in [5.41, 5.74) is -0.0525. The number of ether oxygens (including phenoxy) is 1. The Morgan fingerprint density at radius 2 is 2.00 bits per heavy atom. The second kappa shape index (κ2) is 8.45. The van der Waals surface area contributed by atoms with Crippen LogP contribution in [0.5, 0.6) is 0 Å². The number of rotatable bonds is 7. The Morgan fingerprint density at radius 3 is 2.68 bits per heavy atom. The third-order valence-electron chi connectivity index (χ3n) is 5.29. The van der Waals surface area contributed by atoms with Crippen LogP contribution >= 0.6 is 0 Å². The van der Waals surface area contributed by atoms with Crippen LogP contribution in [0.2, 0.25) is 0 Å².